The predicted molar refractivity (Wildman–Crippen MR) is 107 cm³/mol. The van der Waals surface area contributed by atoms with Crippen LogP contribution >= 0.6 is 0 Å². The van der Waals surface area contributed by atoms with Gasteiger partial charge in [-0.15, -0.1) is 0 Å². The molecule has 0 heterocycles. The number of nitrogens with one attached hydrogen (secondary N) is 1. The molecule has 0 aliphatic rings. The van der Waals surface area contributed by atoms with Crippen LogP contribution in [-0.2, 0) is 18.0 Å². The molecule has 0 bridgehead atoms. The van der Waals surface area contributed by atoms with Gasteiger partial charge < -0.3 is 19.5 Å². The molecule has 3 N–H and O–H groups in total. The van der Waals surface area contributed by atoms with Gasteiger partial charge in [0.05, 0.1) is 5.69 Å². The minimum atomic E-state index is -1.66. The summed E-state index contributed by atoms with van der Waals surface area (Å²) in [5.41, 5.74) is 2.34. The Balaban J connectivity index is 1.69. The lowest BCUT2D eigenvalue weighted by Gasteiger charge is -2.14. The van der Waals surface area contributed by atoms with Gasteiger partial charge in [0.1, 0.15) is 19.0 Å². The zero-order valence-electron chi connectivity index (χ0n) is 15.1. The van der Waals surface area contributed by atoms with E-state index < -0.39 is 13.2 Å². The van der Waals surface area contributed by atoms with E-state index in [1.807, 2.05) is 60.7 Å². The Hall–Kier alpha value is -3.29. The largest absolute Gasteiger partial charge is 0.488 e. The molecule has 28 heavy (non-hydrogen) atoms. The van der Waals surface area contributed by atoms with Crippen LogP contribution in [0.3, 0.4) is 0 Å². The molecule has 0 unspecified atom stereocenters. The van der Waals surface area contributed by atoms with E-state index in [4.69, 9.17) is 9.47 Å². The van der Waals surface area contributed by atoms with Crippen LogP contribution in [0.4, 0.5) is 10.5 Å². The molecule has 7 heteroatoms. The molecule has 1 amide bonds. The smallest absolute Gasteiger partial charge is 0.487 e. The topological polar surface area (TPSA) is 88.0 Å². The van der Waals surface area contributed by atoms with Crippen LogP contribution in [0.15, 0.2) is 78.9 Å². The molecule has 0 radical (unpaired) electrons. The number of hydrogen-bond donors (Lipinski definition) is 3. The minimum Gasteiger partial charge on any atom is -0.487 e. The maximum atomic E-state index is 12.2. The highest BCUT2D eigenvalue weighted by atomic mass is 16.5. The van der Waals surface area contributed by atoms with E-state index in [0.717, 1.165) is 11.1 Å². The zero-order valence-corrected chi connectivity index (χ0v) is 15.1. The Labute approximate surface area is 163 Å². The number of rotatable bonds is 7. The Kier molecular flexibility index (Phi) is 6.67. The van der Waals surface area contributed by atoms with Crippen LogP contribution in [0.5, 0.6) is 5.75 Å². The Morgan fingerprint density at radius 2 is 1.46 bits per heavy atom. The lowest BCUT2D eigenvalue weighted by molar-refractivity contribution is 0.155. The number of anilines is 1. The van der Waals surface area contributed by atoms with E-state index in [0.29, 0.717) is 18.0 Å². The first-order valence-corrected chi connectivity index (χ1v) is 8.76. The van der Waals surface area contributed by atoms with Crippen molar-refractivity contribution >= 4 is 24.4 Å². The zero-order chi connectivity index (χ0) is 19.8. The maximum absolute atomic E-state index is 12.2. The summed E-state index contributed by atoms with van der Waals surface area (Å²) in [5, 5.41) is 21.4. The summed E-state index contributed by atoms with van der Waals surface area (Å²) in [6.07, 6.45) is -0.669. The van der Waals surface area contributed by atoms with Crippen molar-refractivity contribution in [1.29, 1.82) is 0 Å². The van der Waals surface area contributed by atoms with Gasteiger partial charge in [0.2, 0.25) is 0 Å². The summed E-state index contributed by atoms with van der Waals surface area (Å²) in [4.78, 5) is 12.2. The molecule has 3 aromatic rings. The second-order valence-corrected chi connectivity index (χ2v) is 6.09. The number of amides is 1. The second-order valence-electron chi connectivity index (χ2n) is 6.09. The van der Waals surface area contributed by atoms with E-state index in [2.05, 4.69) is 5.32 Å². The van der Waals surface area contributed by atoms with E-state index in [-0.39, 0.29) is 12.1 Å². The molecule has 0 aliphatic carbocycles. The molecule has 0 fully saturated rings. The van der Waals surface area contributed by atoms with Gasteiger partial charge >= 0.3 is 13.2 Å². The average Bonchev–Trinajstić information content (AvgIpc) is 2.72. The van der Waals surface area contributed by atoms with E-state index >= 15 is 0 Å². The maximum Gasteiger partial charge on any atom is 0.488 e. The SMILES string of the molecule is O=C(Nc1cc(B(O)O)ccc1OCc1ccccc1)OCc1ccccc1. The number of carbonyl (C=O) groups excluding carboxylic acids is 1. The number of benzene rings is 3. The molecule has 3 aromatic carbocycles. The fourth-order valence-electron chi connectivity index (χ4n) is 2.54. The third-order valence-electron chi connectivity index (χ3n) is 3.99. The molecule has 6 nitrogen and oxygen atoms in total. The van der Waals surface area contributed by atoms with Gasteiger partial charge in [-0.05, 0) is 28.7 Å². The summed E-state index contributed by atoms with van der Waals surface area (Å²) in [6, 6.07) is 23.4. The summed E-state index contributed by atoms with van der Waals surface area (Å²) in [5.74, 6) is 0.393. The fourth-order valence-corrected chi connectivity index (χ4v) is 2.54. The third-order valence-corrected chi connectivity index (χ3v) is 3.99. The highest BCUT2D eigenvalue weighted by Gasteiger charge is 2.16. The monoisotopic (exact) mass is 377 g/mol. The Bertz CT molecular complexity index is 903. The van der Waals surface area contributed by atoms with Gasteiger partial charge in [-0.1, -0.05) is 66.7 Å². The van der Waals surface area contributed by atoms with Crippen molar-refractivity contribution < 1.29 is 24.3 Å². The highest BCUT2D eigenvalue weighted by Crippen LogP contribution is 2.24. The van der Waals surface area contributed by atoms with Gasteiger partial charge in [0.25, 0.3) is 0 Å². The van der Waals surface area contributed by atoms with Crippen molar-refractivity contribution in [3.8, 4) is 5.75 Å². The number of carbonyl (C=O) groups is 1. The van der Waals surface area contributed by atoms with Crippen LogP contribution in [0, 0.1) is 0 Å². The lowest BCUT2D eigenvalue weighted by Crippen LogP contribution is -2.30. The van der Waals surface area contributed by atoms with Crippen LogP contribution in [0.1, 0.15) is 11.1 Å². The van der Waals surface area contributed by atoms with Crippen LogP contribution in [0.2, 0.25) is 0 Å². The van der Waals surface area contributed by atoms with Gasteiger partial charge in [0.15, 0.2) is 0 Å². The van der Waals surface area contributed by atoms with Crippen molar-refractivity contribution in [2.75, 3.05) is 5.32 Å². The van der Waals surface area contributed by atoms with Crippen molar-refractivity contribution in [2.24, 2.45) is 0 Å². The number of ether oxygens (including phenoxy) is 2. The molecule has 0 saturated carbocycles. The van der Waals surface area contributed by atoms with Crippen LogP contribution in [0.25, 0.3) is 0 Å². The van der Waals surface area contributed by atoms with E-state index in [1.54, 1.807) is 6.07 Å². The Morgan fingerprint density at radius 3 is 2.07 bits per heavy atom. The molecule has 142 valence electrons. The predicted octanol–water partition coefficient (Wildman–Crippen LogP) is 2.69. The van der Waals surface area contributed by atoms with E-state index in [9.17, 15) is 14.8 Å². The van der Waals surface area contributed by atoms with Crippen LogP contribution < -0.4 is 15.5 Å². The summed E-state index contributed by atoms with van der Waals surface area (Å²) in [6.45, 7) is 0.421. The molecule has 0 atom stereocenters. The minimum absolute atomic E-state index is 0.120. The van der Waals surface area contributed by atoms with Crippen molar-refractivity contribution in [3.63, 3.8) is 0 Å². The first-order chi connectivity index (χ1) is 13.6. The lowest BCUT2D eigenvalue weighted by atomic mass is 9.80. The quantitative estimate of drug-likeness (QED) is 0.551. The van der Waals surface area contributed by atoms with Crippen LogP contribution in [-0.4, -0.2) is 23.3 Å². The normalized spacial score (nSPS) is 10.2. The first kappa shape index (κ1) is 19.5. The van der Waals surface area contributed by atoms with E-state index in [1.165, 1.54) is 12.1 Å². The number of hydrogen-bond acceptors (Lipinski definition) is 5. The van der Waals surface area contributed by atoms with Gasteiger partial charge in [-0.2, -0.15) is 0 Å². The average molecular weight is 377 g/mol. The third kappa shape index (κ3) is 5.60. The summed E-state index contributed by atoms with van der Waals surface area (Å²) in [7, 11) is -1.66. The summed E-state index contributed by atoms with van der Waals surface area (Å²) < 4.78 is 11.0. The molecule has 0 spiro atoms. The molecular weight excluding hydrogens is 357 g/mol. The van der Waals surface area contributed by atoms with Gasteiger partial charge in [-0.25, -0.2) is 4.79 Å². The molecular formula is C21H20BNO5. The van der Waals surface area contributed by atoms with Gasteiger partial charge in [-0.3, -0.25) is 5.32 Å². The van der Waals surface area contributed by atoms with Crippen molar-refractivity contribution in [2.45, 2.75) is 13.2 Å². The molecule has 0 aromatic heterocycles. The summed E-state index contributed by atoms with van der Waals surface area (Å²) >= 11 is 0. The van der Waals surface area contributed by atoms with Crippen molar-refractivity contribution in [1.82, 2.24) is 0 Å². The Morgan fingerprint density at radius 1 is 0.857 bits per heavy atom. The fraction of sp³-hybridized carbons (Fsp3) is 0.0952. The van der Waals surface area contributed by atoms with Gasteiger partial charge in [0, 0.05) is 0 Å². The molecule has 3 rings (SSSR count). The standard InChI is InChI=1S/C21H20BNO5/c24-21(28-15-17-9-5-2-6-10-17)23-19-13-18(22(25)26)11-12-20(19)27-14-16-7-3-1-4-8-16/h1-13,25-26H,14-15H2,(H,23,24). The second kappa shape index (κ2) is 9.59. The molecule has 0 saturated heterocycles. The highest BCUT2D eigenvalue weighted by molar-refractivity contribution is 6.58. The van der Waals surface area contributed by atoms with Crippen molar-refractivity contribution in [3.05, 3.63) is 90.0 Å². The molecule has 0 aliphatic heterocycles. The first-order valence-electron chi connectivity index (χ1n) is 8.76.